The van der Waals surface area contributed by atoms with Gasteiger partial charge in [-0.2, -0.15) is 0 Å². The van der Waals surface area contributed by atoms with Gasteiger partial charge in [-0.15, -0.1) is 0 Å². The molecule has 4 aromatic carbocycles. The van der Waals surface area contributed by atoms with Gasteiger partial charge in [0.2, 0.25) is 0 Å². The van der Waals surface area contributed by atoms with E-state index in [-0.39, 0.29) is 0 Å². The lowest BCUT2D eigenvalue weighted by Crippen LogP contribution is -2.27. The lowest BCUT2D eigenvalue weighted by Gasteiger charge is -2.19. The summed E-state index contributed by atoms with van der Waals surface area (Å²) in [6, 6.07) is 34.8. The summed E-state index contributed by atoms with van der Waals surface area (Å²) in [6.07, 6.45) is 0. The van der Waals surface area contributed by atoms with Crippen molar-refractivity contribution in [3.63, 3.8) is 0 Å². The first-order chi connectivity index (χ1) is 15.6. The van der Waals surface area contributed by atoms with Crippen LogP contribution in [0, 0.1) is 0 Å². The first-order valence-electron chi connectivity index (χ1n) is 11.0. The van der Waals surface area contributed by atoms with Crippen LogP contribution in [-0.2, 0) is 0 Å². The average molecular weight is 482 g/mol. The lowest BCUT2D eigenvalue weighted by molar-refractivity contribution is -0.486. The van der Waals surface area contributed by atoms with Crippen LogP contribution < -0.4 is 0 Å². The van der Waals surface area contributed by atoms with E-state index >= 15 is 0 Å². The van der Waals surface area contributed by atoms with Crippen LogP contribution in [0.25, 0.3) is 33.4 Å². The molecule has 1 aliphatic rings. The van der Waals surface area contributed by atoms with Crippen LogP contribution in [-0.4, -0.2) is 42.5 Å². The molecule has 0 aromatic heterocycles. The molecule has 0 radical (unpaired) electrons. The molecule has 0 amide bonds. The van der Waals surface area contributed by atoms with Gasteiger partial charge in [-0.05, 0) is 57.6 Å². The average Bonchev–Trinajstić information content (AvgIpc) is 3.17. The van der Waals surface area contributed by atoms with Crippen molar-refractivity contribution in [3.8, 4) is 33.4 Å². The zero-order valence-electron chi connectivity index (χ0n) is 18.4. The topological polar surface area (TPSA) is 6.25 Å². The third kappa shape index (κ3) is 3.89. The summed E-state index contributed by atoms with van der Waals surface area (Å²) in [5, 5.41) is 0. The number of benzene rings is 4. The van der Waals surface area contributed by atoms with Crippen molar-refractivity contribution in [1.82, 2.24) is 4.90 Å². The maximum atomic E-state index is 3.58. The first kappa shape index (κ1) is 20.7. The molecular formula is C29H26BrN2+. The van der Waals surface area contributed by atoms with E-state index in [0.717, 1.165) is 17.6 Å². The maximum Gasteiger partial charge on any atom is 0.280 e. The summed E-state index contributed by atoms with van der Waals surface area (Å²) in [5.74, 6) is 1.28. The minimum atomic E-state index is 1.03. The Balaban J connectivity index is 1.87. The molecule has 0 atom stereocenters. The van der Waals surface area contributed by atoms with Crippen LogP contribution in [0.1, 0.15) is 5.56 Å². The normalized spacial score (nSPS) is 13.7. The Kier molecular flexibility index (Phi) is 5.67. The largest absolute Gasteiger partial charge is 0.280 e. The van der Waals surface area contributed by atoms with Crippen LogP contribution in [0.4, 0.5) is 0 Å². The molecule has 3 heteroatoms. The molecule has 32 heavy (non-hydrogen) atoms. The van der Waals surface area contributed by atoms with E-state index < -0.39 is 0 Å². The Bertz CT molecular complexity index is 1220. The second kappa shape index (κ2) is 8.76. The Morgan fingerprint density at radius 1 is 0.688 bits per heavy atom. The van der Waals surface area contributed by atoms with Gasteiger partial charge in [0, 0.05) is 4.47 Å². The molecule has 158 valence electrons. The number of amidine groups is 1. The maximum absolute atomic E-state index is 3.58. The molecule has 0 N–H and O–H groups in total. The molecule has 5 rings (SSSR count). The van der Waals surface area contributed by atoms with Gasteiger partial charge in [-0.25, -0.2) is 0 Å². The number of hydrogen-bond acceptors (Lipinski definition) is 1. The summed E-state index contributed by atoms with van der Waals surface area (Å²) in [5.41, 5.74) is 8.74. The summed E-state index contributed by atoms with van der Waals surface area (Å²) in [7, 11) is 4.40. The van der Waals surface area contributed by atoms with Gasteiger partial charge < -0.3 is 0 Å². The van der Waals surface area contributed by atoms with Gasteiger partial charge in [-0.3, -0.25) is 9.48 Å². The monoisotopic (exact) mass is 481 g/mol. The number of rotatable bonds is 4. The van der Waals surface area contributed by atoms with Crippen molar-refractivity contribution >= 4 is 21.8 Å². The highest BCUT2D eigenvalue weighted by molar-refractivity contribution is 9.10. The minimum absolute atomic E-state index is 1.03. The fraction of sp³-hybridized carbons (Fsp3) is 0.138. The Hall–Kier alpha value is -3.17. The van der Waals surface area contributed by atoms with Crippen LogP contribution >= 0.6 is 15.9 Å². The van der Waals surface area contributed by atoms with Crippen LogP contribution in [0.3, 0.4) is 0 Å². The third-order valence-corrected chi connectivity index (χ3v) is 6.73. The minimum Gasteiger partial charge on any atom is -0.260 e. The first-order valence-corrected chi connectivity index (χ1v) is 11.8. The molecule has 1 heterocycles. The molecule has 0 saturated carbocycles. The smallest absolute Gasteiger partial charge is 0.260 e. The summed E-state index contributed by atoms with van der Waals surface area (Å²) in [4.78, 5) is 2.38. The van der Waals surface area contributed by atoms with Crippen LogP contribution in [0.2, 0.25) is 0 Å². The second-order valence-electron chi connectivity index (χ2n) is 8.35. The molecule has 0 aliphatic carbocycles. The molecule has 2 nitrogen and oxygen atoms in total. The molecule has 0 spiro atoms. The zero-order chi connectivity index (χ0) is 22.1. The fourth-order valence-electron chi connectivity index (χ4n) is 4.57. The van der Waals surface area contributed by atoms with Crippen molar-refractivity contribution in [3.05, 3.63) is 107 Å². The Morgan fingerprint density at radius 3 is 1.69 bits per heavy atom. The van der Waals surface area contributed by atoms with Crippen molar-refractivity contribution in [2.75, 3.05) is 27.2 Å². The molecule has 0 unspecified atom stereocenters. The van der Waals surface area contributed by atoms with E-state index in [0.29, 0.717) is 0 Å². The highest BCUT2D eigenvalue weighted by Gasteiger charge is 2.32. The predicted octanol–water partition coefficient (Wildman–Crippen LogP) is 6.78. The number of likely N-dealkylation sites (N-methyl/N-ethyl adjacent to an activating group) is 2. The van der Waals surface area contributed by atoms with Crippen molar-refractivity contribution in [2.24, 2.45) is 0 Å². The lowest BCUT2D eigenvalue weighted by atomic mass is 9.87. The Morgan fingerprint density at radius 2 is 1.22 bits per heavy atom. The van der Waals surface area contributed by atoms with E-state index in [1.165, 1.54) is 44.8 Å². The van der Waals surface area contributed by atoms with Gasteiger partial charge in [0.25, 0.3) is 5.84 Å². The van der Waals surface area contributed by atoms with Crippen LogP contribution in [0.5, 0.6) is 0 Å². The van der Waals surface area contributed by atoms with E-state index in [1.807, 2.05) is 0 Å². The summed E-state index contributed by atoms with van der Waals surface area (Å²) >= 11 is 3.58. The number of halogens is 1. The summed E-state index contributed by atoms with van der Waals surface area (Å²) < 4.78 is 3.47. The fourth-order valence-corrected chi connectivity index (χ4v) is 4.83. The summed E-state index contributed by atoms with van der Waals surface area (Å²) in [6.45, 7) is 2.06. The third-order valence-electron chi connectivity index (χ3n) is 6.20. The Labute approximate surface area is 198 Å². The van der Waals surface area contributed by atoms with E-state index in [9.17, 15) is 0 Å². The zero-order valence-corrected chi connectivity index (χ0v) is 20.0. The molecule has 4 aromatic rings. The van der Waals surface area contributed by atoms with Crippen molar-refractivity contribution in [2.45, 2.75) is 0 Å². The van der Waals surface area contributed by atoms with Gasteiger partial charge >= 0.3 is 0 Å². The molecule has 0 fully saturated rings. The quantitative estimate of drug-likeness (QED) is 0.291. The SMILES string of the molecule is CN1CC[N+](C)=C1c1c(-c2ccccc2)cc(-c2ccc(Br)cc2)cc1-c1ccccc1. The number of hydrogen-bond donors (Lipinski definition) is 0. The van der Waals surface area contributed by atoms with Gasteiger partial charge in [0.15, 0.2) is 0 Å². The standard InChI is InChI=1S/C29H26BrN2/c1-31-17-18-32(2)29(31)28-26(22-9-5-3-6-10-22)19-24(21-13-15-25(30)16-14-21)20-27(28)23-11-7-4-8-12-23/h3-16,19-20H,17-18H2,1-2H3/q+1. The highest BCUT2D eigenvalue weighted by atomic mass is 79.9. The van der Waals surface area contributed by atoms with Gasteiger partial charge in [0.1, 0.15) is 13.1 Å². The van der Waals surface area contributed by atoms with Crippen molar-refractivity contribution in [1.29, 1.82) is 0 Å². The van der Waals surface area contributed by atoms with Crippen molar-refractivity contribution < 1.29 is 4.58 Å². The van der Waals surface area contributed by atoms with E-state index in [1.54, 1.807) is 0 Å². The second-order valence-corrected chi connectivity index (χ2v) is 9.27. The predicted molar refractivity (Wildman–Crippen MR) is 138 cm³/mol. The highest BCUT2D eigenvalue weighted by Crippen LogP contribution is 2.38. The van der Waals surface area contributed by atoms with Gasteiger partial charge in [0.05, 0.1) is 19.7 Å². The molecule has 0 bridgehead atoms. The van der Waals surface area contributed by atoms with E-state index in [2.05, 4.69) is 137 Å². The molecule has 0 saturated heterocycles. The van der Waals surface area contributed by atoms with E-state index in [4.69, 9.17) is 0 Å². The number of nitrogens with zero attached hydrogens (tertiary/aromatic N) is 2. The molecule has 1 aliphatic heterocycles. The molecular weight excluding hydrogens is 456 g/mol. The van der Waals surface area contributed by atoms with Crippen LogP contribution in [0.15, 0.2) is 102 Å². The van der Waals surface area contributed by atoms with Gasteiger partial charge in [-0.1, -0.05) is 88.7 Å².